The van der Waals surface area contributed by atoms with E-state index in [0.717, 1.165) is 16.9 Å². The molecular weight excluding hydrogens is 205 g/mol. The third-order valence-corrected chi connectivity index (χ3v) is 5.23. The fourth-order valence-corrected chi connectivity index (χ4v) is 4.05. The Kier molecular flexibility index (Phi) is 1.95. The molecule has 0 bridgehead atoms. The van der Waals surface area contributed by atoms with Crippen LogP contribution in [0.25, 0.3) is 0 Å². The molecule has 4 rings (SSSR count). The van der Waals surface area contributed by atoms with Gasteiger partial charge in [0.25, 0.3) is 0 Å². The van der Waals surface area contributed by atoms with Crippen molar-refractivity contribution in [1.82, 2.24) is 0 Å². The molecule has 0 amide bonds. The highest BCUT2D eigenvalue weighted by atomic mass is 15.2. The van der Waals surface area contributed by atoms with Gasteiger partial charge in [0.15, 0.2) is 0 Å². The van der Waals surface area contributed by atoms with Gasteiger partial charge < -0.3 is 4.90 Å². The van der Waals surface area contributed by atoms with Crippen molar-refractivity contribution in [2.24, 2.45) is 5.41 Å². The molecule has 2 saturated carbocycles. The minimum absolute atomic E-state index is 0.772. The van der Waals surface area contributed by atoms with Gasteiger partial charge in [0.05, 0.1) is 0 Å². The Labute approximate surface area is 105 Å². The van der Waals surface area contributed by atoms with Crippen LogP contribution in [0.5, 0.6) is 0 Å². The number of rotatable bonds is 1. The molecule has 17 heavy (non-hydrogen) atoms. The summed E-state index contributed by atoms with van der Waals surface area (Å²) in [6, 6.07) is 7.23. The van der Waals surface area contributed by atoms with Gasteiger partial charge in [-0.15, -0.1) is 0 Å². The Morgan fingerprint density at radius 2 is 2.06 bits per heavy atom. The number of hydrogen-bond acceptors (Lipinski definition) is 1. The van der Waals surface area contributed by atoms with Gasteiger partial charge in [-0.05, 0) is 49.1 Å². The Bertz CT molecular complexity index is 456. The van der Waals surface area contributed by atoms with E-state index in [1.54, 1.807) is 0 Å². The predicted octanol–water partition coefficient (Wildman–Crippen LogP) is 2.18. The SMILES string of the molecule is [B]c1ccc2c(c1)N(C1CC3(CCC3)C1)CC2. The molecule has 0 saturated heterocycles. The Balaban J connectivity index is 1.56. The lowest BCUT2D eigenvalue weighted by molar-refractivity contribution is 0.00938. The summed E-state index contributed by atoms with van der Waals surface area (Å²) in [6.45, 7) is 1.21. The normalized spacial score (nSPS) is 25.5. The van der Waals surface area contributed by atoms with Gasteiger partial charge in [-0.2, -0.15) is 0 Å². The second-order valence-electron chi connectivity index (χ2n) is 6.25. The van der Waals surface area contributed by atoms with E-state index in [2.05, 4.69) is 17.0 Å². The number of hydrogen-bond donors (Lipinski definition) is 0. The maximum absolute atomic E-state index is 5.92. The zero-order valence-electron chi connectivity index (χ0n) is 10.3. The third kappa shape index (κ3) is 1.39. The highest BCUT2D eigenvalue weighted by Gasteiger charge is 2.50. The zero-order chi connectivity index (χ0) is 11.5. The lowest BCUT2D eigenvalue weighted by atomic mass is 9.54. The minimum atomic E-state index is 0.772. The summed E-state index contributed by atoms with van der Waals surface area (Å²) in [7, 11) is 5.92. The largest absolute Gasteiger partial charge is 0.368 e. The first-order chi connectivity index (χ1) is 8.26. The smallest absolute Gasteiger partial charge is 0.113 e. The van der Waals surface area contributed by atoms with E-state index >= 15 is 0 Å². The summed E-state index contributed by atoms with van der Waals surface area (Å²) >= 11 is 0. The lowest BCUT2D eigenvalue weighted by Crippen LogP contribution is -2.53. The number of benzene rings is 1. The van der Waals surface area contributed by atoms with Crippen molar-refractivity contribution in [3.05, 3.63) is 23.8 Å². The molecule has 1 nitrogen and oxygen atoms in total. The summed E-state index contributed by atoms with van der Waals surface area (Å²) in [4.78, 5) is 2.62. The molecule has 86 valence electrons. The number of nitrogens with zero attached hydrogens (tertiary/aromatic N) is 1. The van der Waals surface area contributed by atoms with Crippen LogP contribution in [0.2, 0.25) is 0 Å². The predicted molar refractivity (Wildman–Crippen MR) is 72.2 cm³/mol. The van der Waals surface area contributed by atoms with Crippen LogP contribution < -0.4 is 10.4 Å². The fraction of sp³-hybridized carbons (Fsp3) is 0.600. The lowest BCUT2D eigenvalue weighted by Gasteiger charge is -2.57. The second-order valence-corrected chi connectivity index (χ2v) is 6.25. The maximum Gasteiger partial charge on any atom is 0.113 e. The summed E-state index contributed by atoms with van der Waals surface area (Å²) in [6.07, 6.45) is 8.51. The Hall–Kier alpha value is -0.915. The van der Waals surface area contributed by atoms with Gasteiger partial charge in [-0.3, -0.25) is 0 Å². The van der Waals surface area contributed by atoms with Crippen molar-refractivity contribution < 1.29 is 0 Å². The highest BCUT2D eigenvalue weighted by Crippen LogP contribution is 2.58. The second kappa shape index (κ2) is 3.31. The van der Waals surface area contributed by atoms with Crippen LogP contribution in [0.15, 0.2) is 18.2 Å². The monoisotopic (exact) mass is 223 g/mol. The van der Waals surface area contributed by atoms with Crippen LogP contribution in [0.3, 0.4) is 0 Å². The fourth-order valence-electron chi connectivity index (χ4n) is 4.05. The molecule has 0 aromatic heterocycles. The molecule has 1 heterocycles. The van der Waals surface area contributed by atoms with E-state index < -0.39 is 0 Å². The van der Waals surface area contributed by atoms with Gasteiger partial charge in [0.1, 0.15) is 7.85 Å². The minimum Gasteiger partial charge on any atom is -0.368 e. The van der Waals surface area contributed by atoms with Gasteiger partial charge in [-0.25, -0.2) is 0 Å². The van der Waals surface area contributed by atoms with E-state index in [1.807, 2.05) is 6.07 Å². The quantitative estimate of drug-likeness (QED) is 0.659. The molecular formula is C15H18BN. The molecule has 0 atom stereocenters. The van der Waals surface area contributed by atoms with Crippen molar-refractivity contribution in [2.45, 2.75) is 44.6 Å². The molecule has 0 unspecified atom stereocenters. The highest BCUT2D eigenvalue weighted by molar-refractivity contribution is 6.32. The van der Waals surface area contributed by atoms with Gasteiger partial charge in [0, 0.05) is 18.3 Å². The Morgan fingerprint density at radius 1 is 1.24 bits per heavy atom. The van der Waals surface area contributed by atoms with E-state index in [0.29, 0.717) is 0 Å². The molecule has 1 aromatic carbocycles. The molecule has 2 aliphatic carbocycles. The first-order valence-corrected chi connectivity index (χ1v) is 6.91. The first-order valence-electron chi connectivity index (χ1n) is 6.91. The molecule has 0 N–H and O–H groups in total. The van der Waals surface area contributed by atoms with E-state index in [9.17, 15) is 0 Å². The average Bonchev–Trinajstić information content (AvgIpc) is 2.57. The summed E-state index contributed by atoms with van der Waals surface area (Å²) < 4.78 is 0. The van der Waals surface area contributed by atoms with E-state index in [4.69, 9.17) is 7.85 Å². The van der Waals surface area contributed by atoms with Crippen LogP contribution in [-0.4, -0.2) is 20.4 Å². The number of fused-ring (bicyclic) bond motifs is 1. The van der Waals surface area contributed by atoms with Crippen molar-refractivity contribution in [1.29, 1.82) is 0 Å². The van der Waals surface area contributed by atoms with Gasteiger partial charge >= 0.3 is 0 Å². The third-order valence-electron chi connectivity index (χ3n) is 5.23. The maximum atomic E-state index is 5.92. The molecule has 3 aliphatic rings. The van der Waals surface area contributed by atoms with E-state index in [-0.39, 0.29) is 0 Å². The standard InChI is InChI=1S/C15H18BN/c16-12-3-2-11-4-7-17(14(11)8-12)13-9-15(10-13)5-1-6-15/h2-3,8,13H,1,4-7,9-10H2. The zero-order valence-corrected chi connectivity index (χ0v) is 10.3. The van der Waals surface area contributed by atoms with Crippen molar-refractivity contribution in [3.8, 4) is 0 Å². The van der Waals surface area contributed by atoms with Crippen LogP contribution in [0.4, 0.5) is 5.69 Å². The van der Waals surface area contributed by atoms with Crippen LogP contribution >= 0.6 is 0 Å². The number of anilines is 1. The van der Waals surface area contributed by atoms with E-state index in [1.165, 1.54) is 56.3 Å². The molecule has 1 spiro atoms. The van der Waals surface area contributed by atoms with Crippen LogP contribution in [0, 0.1) is 5.41 Å². The van der Waals surface area contributed by atoms with Crippen molar-refractivity contribution in [2.75, 3.05) is 11.4 Å². The van der Waals surface area contributed by atoms with Gasteiger partial charge in [0.2, 0.25) is 0 Å². The average molecular weight is 223 g/mol. The molecule has 2 fully saturated rings. The van der Waals surface area contributed by atoms with Gasteiger partial charge in [-0.1, -0.05) is 24.0 Å². The topological polar surface area (TPSA) is 3.24 Å². The molecule has 1 aliphatic heterocycles. The Morgan fingerprint density at radius 3 is 2.76 bits per heavy atom. The van der Waals surface area contributed by atoms with Crippen LogP contribution in [0.1, 0.15) is 37.7 Å². The first kappa shape index (κ1) is 10.0. The van der Waals surface area contributed by atoms with Crippen molar-refractivity contribution in [3.63, 3.8) is 0 Å². The molecule has 2 heteroatoms. The summed E-state index contributed by atoms with van der Waals surface area (Å²) in [5.74, 6) is 0. The summed E-state index contributed by atoms with van der Waals surface area (Å²) in [5.41, 5.74) is 4.60. The molecule has 1 aromatic rings. The van der Waals surface area contributed by atoms with Crippen molar-refractivity contribution >= 4 is 19.0 Å². The van der Waals surface area contributed by atoms with Crippen LogP contribution in [-0.2, 0) is 6.42 Å². The summed E-state index contributed by atoms with van der Waals surface area (Å²) in [5, 5.41) is 0. The molecule has 2 radical (unpaired) electrons.